The van der Waals surface area contributed by atoms with Gasteiger partial charge in [0.05, 0.1) is 4.48 Å². The van der Waals surface area contributed by atoms with Gasteiger partial charge in [0.25, 0.3) is 11.8 Å². The van der Waals surface area contributed by atoms with Crippen LogP contribution in [-0.4, -0.2) is 48.8 Å². The van der Waals surface area contributed by atoms with Crippen molar-refractivity contribution in [2.75, 3.05) is 27.2 Å². The molecule has 5 heteroatoms. The van der Waals surface area contributed by atoms with Crippen LogP contribution in [0.1, 0.15) is 0 Å². The lowest BCUT2D eigenvalue weighted by molar-refractivity contribution is -0.137. The molecule has 0 aromatic rings. The number of hydrogen-bond acceptors (Lipinski definition) is 3. The number of carbonyl (C=O) groups is 2. The van der Waals surface area contributed by atoms with E-state index < -0.39 is 0 Å². The highest BCUT2D eigenvalue weighted by molar-refractivity contribution is 9.12. The van der Waals surface area contributed by atoms with Crippen LogP contribution >= 0.6 is 15.9 Å². The van der Waals surface area contributed by atoms with E-state index in [1.54, 1.807) is 0 Å². The highest BCUT2D eigenvalue weighted by Gasteiger charge is 2.28. The normalized spacial score (nSPS) is 17.2. The number of hydrogen-bond donors (Lipinski definition) is 0. The molecule has 0 N–H and O–H groups in total. The van der Waals surface area contributed by atoms with Crippen molar-refractivity contribution in [3.63, 3.8) is 0 Å². The Balaban J connectivity index is 2.54. The van der Waals surface area contributed by atoms with Crippen molar-refractivity contribution in [3.8, 4) is 0 Å². The molecule has 0 saturated heterocycles. The summed E-state index contributed by atoms with van der Waals surface area (Å²) in [5.74, 6) is -0.481. The highest BCUT2D eigenvalue weighted by atomic mass is 79.9. The highest BCUT2D eigenvalue weighted by Crippen LogP contribution is 2.17. The zero-order valence-corrected chi connectivity index (χ0v) is 9.17. The Morgan fingerprint density at radius 1 is 1.46 bits per heavy atom. The molecular formula is C8H11BrN2O2. The summed E-state index contributed by atoms with van der Waals surface area (Å²) >= 11 is 3.03. The molecule has 1 rings (SSSR count). The molecule has 0 aliphatic carbocycles. The molecular weight excluding hydrogens is 236 g/mol. The van der Waals surface area contributed by atoms with Crippen LogP contribution in [0.5, 0.6) is 0 Å². The van der Waals surface area contributed by atoms with Gasteiger partial charge in [0, 0.05) is 19.2 Å². The van der Waals surface area contributed by atoms with Crippen LogP contribution in [0.4, 0.5) is 0 Å². The molecule has 0 saturated carbocycles. The van der Waals surface area contributed by atoms with E-state index in [1.807, 2.05) is 19.0 Å². The van der Waals surface area contributed by atoms with Crippen molar-refractivity contribution in [1.82, 2.24) is 9.80 Å². The molecule has 0 bridgehead atoms. The van der Waals surface area contributed by atoms with Gasteiger partial charge in [0.2, 0.25) is 0 Å². The Hall–Kier alpha value is -0.680. The van der Waals surface area contributed by atoms with Gasteiger partial charge in [-0.3, -0.25) is 14.5 Å². The number of amides is 2. The van der Waals surface area contributed by atoms with Gasteiger partial charge < -0.3 is 4.90 Å². The molecule has 72 valence electrons. The third-order valence-corrected chi connectivity index (χ3v) is 2.30. The Morgan fingerprint density at radius 2 is 2.08 bits per heavy atom. The van der Waals surface area contributed by atoms with Crippen molar-refractivity contribution in [3.05, 3.63) is 10.6 Å². The van der Waals surface area contributed by atoms with Crippen molar-refractivity contribution in [2.45, 2.75) is 0 Å². The molecule has 13 heavy (non-hydrogen) atoms. The number of likely N-dealkylation sites (N-methyl/N-ethyl adjacent to an activating group) is 1. The molecule has 0 aromatic heterocycles. The van der Waals surface area contributed by atoms with E-state index >= 15 is 0 Å². The third kappa shape index (κ3) is 2.38. The van der Waals surface area contributed by atoms with Gasteiger partial charge in [0.1, 0.15) is 0 Å². The lowest BCUT2D eigenvalue weighted by Crippen LogP contribution is -2.36. The van der Waals surface area contributed by atoms with E-state index in [-0.39, 0.29) is 11.8 Å². The zero-order chi connectivity index (χ0) is 10.0. The second kappa shape index (κ2) is 4.02. The second-order valence-electron chi connectivity index (χ2n) is 3.09. The summed E-state index contributed by atoms with van der Waals surface area (Å²) < 4.78 is 0.344. The monoisotopic (exact) mass is 246 g/mol. The minimum atomic E-state index is -0.244. The maximum Gasteiger partial charge on any atom is 0.267 e. The predicted octanol–water partition coefficient (Wildman–Crippen LogP) is 0.196. The van der Waals surface area contributed by atoms with E-state index in [1.165, 1.54) is 11.0 Å². The maximum absolute atomic E-state index is 11.3. The average molecular weight is 247 g/mol. The SMILES string of the molecule is CN(C)CCN1C(=O)C=C(Br)C1=O. The lowest BCUT2D eigenvalue weighted by atomic mass is 10.5. The Morgan fingerprint density at radius 3 is 2.46 bits per heavy atom. The van der Waals surface area contributed by atoms with Crippen LogP contribution in [-0.2, 0) is 9.59 Å². The van der Waals surface area contributed by atoms with Crippen LogP contribution in [0.2, 0.25) is 0 Å². The molecule has 0 unspecified atom stereocenters. The second-order valence-corrected chi connectivity index (χ2v) is 3.94. The Bertz CT molecular complexity index is 273. The number of halogens is 1. The van der Waals surface area contributed by atoms with Gasteiger partial charge in [-0.15, -0.1) is 0 Å². The average Bonchev–Trinajstić information content (AvgIpc) is 2.24. The first-order chi connectivity index (χ1) is 6.02. The summed E-state index contributed by atoms with van der Waals surface area (Å²) in [6.45, 7) is 1.13. The Labute approximate surface area is 85.3 Å². The topological polar surface area (TPSA) is 40.6 Å². The van der Waals surface area contributed by atoms with Crippen LogP contribution in [0, 0.1) is 0 Å². The molecule has 1 aliphatic rings. The summed E-state index contributed by atoms with van der Waals surface area (Å²) in [6, 6.07) is 0. The molecule has 2 amide bonds. The van der Waals surface area contributed by atoms with Gasteiger partial charge in [-0.1, -0.05) is 0 Å². The smallest absolute Gasteiger partial charge is 0.267 e. The molecule has 0 fully saturated rings. The van der Waals surface area contributed by atoms with Gasteiger partial charge >= 0.3 is 0 Å². The van der Waals surface area contributed by atoms with Gasteiger partial charge in [0.15, 0.2) is 0 Å². The van der Waals surface area contributed by atoms with Crippen molar-refractivity contribution < 1.29 is 9.59 Å². The minimum Gasteiger partial charge on any atom is -0.308 e. The van der Waals surface area contributed by atoms with E-state index in [0.29, 0.717) is 17.6 Å². The molecule has 0 aromatic carbocycles. The number of imide groups is 1. The van der Waals surface area contributed by atoms with E-state index in [9.17, 15) is 9.59 Å². The summed E-state index contributed by atoms with van der Waals surface area (Å²) in [4.78, 5) is 25.6. The first-order valence-electron chi connectivity index (χ1n) is 3.90. The van der Waals surface area contributed by atoms with E-state index in [4.69, 9.17) is 0 Å². The largest absolute Gasteiger partial charge is 0.308 e. The summed E-state index contributed by atoms with van der Waals surface area (Å²) in [7, 11) is 3.79. The summed E-state index contributed by atoms with van der Waals surface area (Å²) in [6.07, 6.45) is 1.30. The number of rotatable bonds is 3. The van der Waals surface area contributed by atoms with Gasteiger partial charge in [-0.2, -0.15) is 0 Å². The quantitative estimate of drug-likeness (QED) is 0.669. The minimum absolute atomic E-state index is 0.237. The third-order valence-electron chi connectivity index (χ3n) is 1.74. The number of carbonyl (C=O) groups excluding carboxylic acids is 2. The standard InChI is InChI=1S/C8H11BrN2O2/c1-10(2)3-4-11-7(12)5-6(9)8(11)13/h5H,3-4H2,1-2H3. The fourth-order valence-electron chi connectivity index (χ4n) is 0.989. The van der Waals surface area contributed by atoms with Gasteiger partial charge in [-0.25, -0.2) is 0 Å². The van der Waals surface area contributed by atoms with E-state index in [0.717, 1.165) is 0 Å². The molecule has 0 atom stereocenters. The van der Waals surface area contributed by atoms with Crippen molar-refractivity contribution >= 4 is 27.7 Å². The molecule has 0 spiro atoms. The Kier molecular flexibility index (Phi) is 3.22. The fraction of sp³-hybridized carbons (Fsp3) is 0.500. The molecule has 1 aliphatic heterocycles. The first-order valence-corrected chi connectivity index (χ1v) is 4.69. The predicted molar refractivity (Wildman–Crippen MR) is 52.3 cm³/mol. The first kappa shape index (κ1) is 10.4. The molecule has 0 radical (unpaired) electrons. The van der Waals surface area contributed by atoms with Gasteiger partial charge in [-0.05, 0) is 30.0 Å². The van der Waals surface area contributed by atoms with Crippen molar-refractivity contribution in [2.24, 2.45) is 0 Å². The summed E-state index contributed by atoms with van der Waals surface area (Å²) in [5.41, 5.74) is 0. The zero-order valence-electron chi connectivity index (χ0n) is 7.58. The molecule has 4 nitrogen and oxygen atoms in total. The number of nitrogens with zero attached hydrogens (tertiary/aromatic N) is 2. The van der Waals surface area contributed by atoms with Crippen LogP contribution in [0.25, 0.3) is 0 Å². The lowest BCUT2D eigenvalue weighted by Gasteiger charge is -2.16. The van der Waals surface area contributed by atoms with Crippen LogP contribution in [0.15, 0.2) is 10.6 Å². The molecule has 1 heterocycles. The van der Waals surface area contributed by atoms with Crippen LogP contribution < -0.4 is 0 Å². The van der Waals surface area contributed by atoms with E-state index in [2.05, 4.69) is 15.9 Å². The fourth-order valence-corrected chi connectivity index (χ4v) is 1.40. The van der Waals surface area contributed by atoms with Crippen molar-refractivity contribution in [1.29, 1.82) is 0 Å². The maximum atomic E-state index is 11.3. The summed E-state index contributed by atoms with van der Waals surface area (Å²) in [5, 5.41) is 0. The van der Waals surface area contributed by atoms with Crippen LogP contribution in [0.3, 0.4) is 0 Å².